The quantitative estimate of drug-likeness (QED) is 0.607. The van der Waals surface area contributed by atoms with Crippen LogP contribution in [0.4, 0.5) is 0 Å². The molecule has 0 N–H and O–H groups in total. The number of hydrogen-bond donors (Lipinski definition) is 0. The van der Waals surface area contributed by atoms with E-state index in [0.29, 0.717) is 0 Å². The van der Waals surface area contributed by atoms with Gasteiger partial charge in [-0.05, 0) is 0 Å². The molecule has 4 heavy (non-hydrogen) atoms. The van der Waals surface area contributed by atoms with Crippen molar-refractivity contribution in [3.05, 3.63) is 0 Å². The molecule has 0 aliphatic rings. The minimum absolute atomic E-state index is 0. The van der Waals surface area contributed by atoms with E-state index in [2.05, 4.69) is 35.4 Å². The van der Waals surface area contributed by atoms with Gasteiger partial charge in [-0.1, -0.05) is 0 Å². The zero-order valence-corrected chi connectivity index (χ0v) is 6.98. The summed E-state index contributed by atoms with van der Waals surface area (Å²) in [5, 5.41) is 0. The zero-order chi connectivity index (χ0) is 2.71. The normalized spacial score (nSPS) is 4.50. The Kier molecular flexibility index (Phi) is 20.2. The molecule has 1 nitrogen and oxygen atoms in total. The van der Waals surface area contributed by atoms with Crippen molar-refractivity contribution in [1.82, 2.24) is 0 Å². The summed E-state index contributed by atoms with van der Waals surface area (Å²) < 4.78 is 3.88. The molecule has 0 saturated heterocycles. The summed E-state index contributed by atoms with van der Waals surface area (Å²) >= 11 is 5.12. The monoisotopic (exact) mass is 267 g/mol. The van der Waals surface area contributed by atoms with E-state index in [1.807, 2.05) is 0 Å². The first kappa shape index (κ1) is 9.18. The third-order valence-electron chi connectivity index (χ3n) is 0. The van der Waals surface area contributed by atoms with E-state index in [-0.39, 0.29) is 22.4 Å². The molecule has 4 heteroatoms. The first-order valence-electron chi connectivity index (χ1n) is 0.309. The maximum Gasteiger partial charge on any atom is 0.115 e. The van der Waals surface area contributed by atoms with Crippen LogP contribution in [0.5, 0.6) is 0 Å². The van der Waals surface area contributed by atoms with Crippen LogP contribution < -0.4 is 0 Å². The average Bonchev–Trinajstić information content (AvgIpc) is 0.918. The van der Waals surface area contributed by atoms with E-state index in [4.69, 9.17) is 0 Å². The molecule has 0 unspecified atom stereocenters. The Morgan fingerprint density at radius 3 is 1.25 bits per heavy atom. The standard InChI is InChI=1S/Br2O.Nb/c1-3-2;. The fraction of sp³-hybridized carbons (Fsp3) is 0. The summed E-state index contributed by atoms with van der Waals surface area (Å²) in [6.07, 6.45) is 0. The van der Waals surface area contributed by atoms with Crippen molar-refractivity contribution >= 4 is 32.5 Å². The fourth-order valence-electron chi connectivity index (χ4n) is 0. The van der Waals surface area contributed by atoms with Gasteiger partial charge in [0.1, 0.15) is 32.5 Å². The molecule has 0 aromatic heterocycles. The fourth-order valence-corrected chi connectivity index (χ4v) is 0. The van der Waals surface area contributed by atoms with Gasteiger partial charge >= 0.3 is 0 Å². The van der Waals surface area contributed by atoms with Gasteiger partial charge in [-0.3, -0.25) is 0 Å². The largest absolute Gasteiger partial charge is 0.230 e. The third kappa shape index (κ3) is 9.40. The molecule has 1 radical (unpaired) electrons. The smallest absolute Gasteiger partial charge is 0.115 e. The predicted molar refractivity (Wildman–Crippen MR) is 18.9 cm³/mol. The van der Waals surface area contributed by atoms with Crippen LogP contribution in [0.1, 0.15) is 0 Å². The molecule has 0 bridgehead atoms. The Labute approximate surface area is 57.5 Å². The molecule has 0 aromatic carbocycles. The van der Waals surface area contributed by atoms with Crippen LogP contribution in [-0.4, -0.2) is 0 Å². The van der Waals surface area contributed by atoms with Crippen LogP contribution in [0, 0.1) is 0 Å². The molecule has 25 valence electrons. The van der Waals surface area contributed by atoms with Gasteiger partial charge < -0.3 is 0 Å². The van der Waals surface area contributed by atoms with Crippen LogP contribution in [-0.2, 0) is 25.3 Å². The van der Waals surface area contributed by atoms with Crippen LogP contribution in [0.15, 0.2) is 0 Å². The molecule has 0 saturated carbocycles. The summed E-state index contributed by atoms with van der Waals surface area (Å²) in [4.78, 5) is 0. The molecule has 0 aromatic rings. The van der Waals surface area contributed by atoms with Gasteiger partial charge in [0.2, 0.25) is 0 Å². The Morgan fingerprint density at radius 2 is 1.25 bits per heavy atom. The van der Waals surface area contributed by atoms with Crippen molar-refractivity contribution in [3.63, 3.8) is 0 Å². The van der Waals surface area contributed by atoms with Crippen LogP contribution in [0.2, 0.25) is 0 Å². The Hall–Kier alpha value is 1.66. The van der Waals surface area contributed by atoms with Gasteiger partial charge in [0, 0.05) is 22.4 Å². The second-order valence-electron chi connectivity index (χ2n) is 0.0583. The molecule has 0 spiro atoms. The number of rotatable bonds is 0. The van der Waals surface area contributed by atoms with Gasteiger partial charge in [-0.25, -0.2) is 2.92 Å². The van der Waals surface area contributed by atoms with Gasteiger partial charge in [0.25, 0.3) is 0 Å². The van der Waals surface area contributed by atoms with E-state index in [9.17, 15) is 0 Å². The topological polar surface area (TPSA) is 9.23 Å². The summed E-state index contributed by atoms with van der Waals surface area (Å²) in [6, 6.07) is 0. The van der Waals surface area contributed by atoms with E-state index < -0.39 is 0 Å². The average molecular weight is 269 g/mol. The van der Waals surface area contributed by atoms with Crippen LogP contribution >= 0.6 is 32.5 Å². The Bertz CT molecular complexity index is 6.00. The summed E-state index contributed by atoms with van der Waals surface area (Å²) in [5.74, 6) is 0. The predicted octanol–water partition coefficient (Wildman–Crippen LogP) is 1.62. The van der Waals surface area contributed by atoms with Gasteiger partial charge in [-0.2, -0.15) is 0 Å². The molecule has 0 aliphatic heterocycles. The summed E-state index contributed by atoms with van der Waals surface area (Å²) in [5.41, 5.74) is 0. The summed E-state index contributed by atoms with van der Waals surface area (Å²) in [7, 11) is 0. The van der Waals surface area contributed by atoms with Gasteiger partial charge in [0.15, 0.2) is 0 Å². The van der Waals surface area contributed by atoms with Gasteiger partial charge in [-0.15, -0.1) is 0 Å². The van der Waals surface area contributed by atoms with E-state index in [0.717, 1.165) is 0 Å². The first-order chi connectivity index (χ1) is 1.41. The maximum atomic E-state index is 3.88. The van der Waals surface area contributed by atoms with Crippen molar-refractivity contribution < 1.29 is 25.3 Å². The van der Waals surface area contributed by atoms with E-state index in [1.54, 1.807) is 0 Å². The second-order valence-corrected chi connectivity index (χ2v) is 1.57. The van der Waals surface area contributed by atoms with Crippen LogP contribution in [0.3, 0.4) is 0 Å². The molecule has 0 rings (SSSR count). The minimum atomic E-state index is 0. The number of halogens is 2. The minimum Gasteiger partial charge on any atom is -0.230 e. The maximum absolute atomic E-state index is 3.88. The second kappa shape index (κ2) is 8.82. The number of hydrogen-bond acceptors (Lipinski definition) is 1. The zero-order valence-electron chi connectivity index (χ0n) is 1.61. The van der Waals surface area contributed by atoms with Crippen molar-refractivity contribution in [2.75, 3.05) is 0 Å². The molecular formula is Br2NbO. The third-order valence-corrected chi connectivity index (χ3v) is 0. The van der Waals surface area contributed by atoms with Crippen molar-refractivity contribution in [3.8, 4) is 0 Å². The molecule has 0 heterocycles. The van der Waals surface area contributed by atoms with E-state index in [1.165, 1.54) is 0 Å². The van der Waals surface area contributed by atoms with Crippen molar-refractivity contribution in [1.29, 1.82) is 0 Å². The molecule has 0 atom stereocenters. The molecule has 0 amide bonds. The van der Waals surface area contributed by atoms with E-state index >= 15 is 0 Å². The Balaban J connectivity index is 0. The van der Waals surface area contributed by atoms with Crippen LogP contribution in [0.25, 0.3) is 0 Å². The Morgan fingerprint density at radius 1 is 1.25 bits per heavy atom. The SMILES string of the molecule is BrOBr.[Nb]. The molecule has 0 aliphatic carbocycles. The first-order valence-corrected chi connectivity index (χ1v) is 1.60. The summed E-state index contributed by atoms with van der Waals surface area (Å²) in [6.45, 7) is 0. The van der Waals surface area contributed by atoms with Crippen molar-refractivity contribution in [2.45, 2.75) is 0 Å². The molecular weight excluding hydrogens is 269 g/mol. The molecule has 0 fully saturated rings. The van der Waals surface area contributed by atoms with Crippen molar-refractivity contribution in [2.24, 2.45) is 0 Å². The van der Waals surface area contributed by atoms with Gasteiger partial charge in [0.05, 0.1) is 0 Å².